The molecule has 10 nitrogen and oxygen atoms in total. The number of benzene rings is 2. The van der Waals surface area contributed by atoms with E-state index in [1.807, 2.05) is 25.3 Å². The average molecular weight is 488 g/mol. The van der Waals surface area contributed by atoms with Crippen molar-refractivity contribution in [2.24, 2.45) is 0 Å². The van der Waals surface area contributed by atoms with Gasteiger partial charge in [-0.15, -0.1) is 0 Å². The summed E-state index contributed by atoms with van der Waals surface area (Å²) in [5.74, 6) is -2.21. The molecule has 1 aromatic heterocycles. The Bertz CT molecular complexity index is 1430. The molecule has 1 fully saturated rings. The van der Waals surface area contributed by atoms with Gasteiger partial charge in [0.25, 0.3) is 11.8 Å². The molecule has 2 aliphatic rings. The number of nitrogens with one attached hydrogen (secondary N) is 4. The van der Waals surface area contributed by atoms with Gasteiger partial charge in [0, 0.05) is 36.6 Å². The van der Waals surface area contributed by atoms with Crippen LogP contribution in [0.2, 0.25) is 0 Å². The molecule has 0 bridgehead atoms. The first kappa shape index (κ1) is 23.3. The summed E-state index contributed by atoms with van der Waals surface area (Å²) < 4.78 is 0. The summed E-state index contributed by atoms with van der Waals surface area (Å²) in [5, 5.41) is 8.91. The van der Waals surface area contributed by atoms with Crippen molar-refractivity contribution in [3.05, 3.63) is 70.4 Å². The predicted molar refractivity (Wildman–Crippen MR) is 130 cm³/mol. The molecule has 1 atom stereocenters. The molecule has 6 amide bonds. The van der Waals surface area contributed by atoms with Gasteiger partial charge >= 0.3 is 6.03 Å². The van der Waals surface area contributed by atoms with Crippen LogP contribution < -0.4 is 16.0 Å². The minimum absolute atomic E-state index is 0.0635. The largest absolute Gasteiger partial charge is 0.361 e. The van der Waals surface area contributed by atoms with Crippen LogP contribution in [0.15, 0.2) is 42.6 Å². The number of nitrogens with zero attached hydrogens (tertiary/aromatic N) is 1. The van der Waals surface area contributed by atoms with E-state index < -0.39 is 29.7 Å². The van der Waals surface area contributed by atoms with E-state index in [-0.39, 0.29) is 36.5 Å². The fraction of sp³-hybridized carbons (Fsp3) is 0.269. The van der Waals surface area contributed by atoms with Crippen LogP contribution in [-0.2, 0) is 22.6 Å². The number of imide groups is 2. The second kappa shape index (κ2) is 9.29. The number of aryl methyl sites for hydroxylation is 1. The van der Waals surface area contributed by atoms with Gasteiger partial charge in [-0.05, 0) is 48.6 Å². The van der Waals surface area contributed by atoms with Crippen molar-refractivity contribution in [2.75, 3.05) is 6.54 Å². The highest BCUT2D eigenvalue weighted by molar-refractivity contribution is 6.23. The maximum absolute atomic E-state index is 12.9. The zero-order valence-electron chi connectivity index (χ0n) is 19.6. The Hall–Kier alpha value is -4.47. The minimum atomic E-state index is -1.01. The Labute approximate surface area is 206 Å². The van der Waals surface area contributed by atoms with Crippen molar-refractivity contribution >= 4 is 40.6 Å². The Kier molecular flexibility index (Phi) is 6.01. The molecule has 0 spiro atoms. The molecule has 5 rings (SSSR count). The van der Waals surface area contributed by atoms with Crippen LogP contribution in [0.25, 0.3) is 10.9 Å². The number of fused-ring (bicyclic) bond motifs is 2. The molecule has 1 unspecified atom stereocenters. The van der Waals surface area contributed by atoms with Gasteiger partial charge in [-0.25, -0.2) is 4.79 Å². The highest BCUT2D eigenvalue weighted by Gasteiger charge is 2.44. The summed E-state index contributed by atoms with van der Waals surface area (Å²) in [5.41, 5.74) is 4.40. The summed E-state index contributed by atoms with van der Waals surface area (Å²) in [6.45, 7) is 2.65. The van der Waals surface area contributed by atoms with Crippen molar-refractivity contribution in [2.45, 2.75) is 38.8 Å². The molecule has 0 saturated carbocycles. The second-order valence-corrected chi connectivity index (χ2v) is 9.00. The molecule has 3 heterocycles. The Morgan fingerprint density at radius 1 is 1.06 bits per heavy atom. The SMILES string of the molecule is Cc1cccc2c(CCNC(=O)NCc3ccc4c(c3)C(=O)N(C3CCC(=O)NC3=O)C4=O)c[nH]c12. The molecular formula is C26H25N5O5. The van der Waals surface area contributed by atoms with Crippen LogP contribution >= 0.6 is 0 Å². The number of carbonyl (C=O) groups is 5. The predicted octanol–water partition coefficient (Wildman–Crippen LogP) is 1.92. The lowest BCUT2D eigenvalue weighted by Gasteiger charge is -2.27. The van der Waals surface area contributed by atoms with E-state index in [1.165, 1.54) is 11.6 Å². The number of H-pyrrole nitrogens is 1. The van der Waals surface area contributed by atoms with Crippen molar-refractivity contribution in [3.8, 4) is 0 Å². The number of amides is 6. The molecule has 10 heteroatoms. The van der Waals surface area contributed by atoms with E-state index in [9.17, 15) is 24.0 Å². The number of aromatic amines is 1. The number of carbonyl (C=O) groups excluding carboxylic acids is 5. The molecule has 0 aliphatic carbocycles. The Balaban J connectivity index is 1.17. The van der Waals surface area contributed by atoms with Crippen LogP contribution in [0, 0.1) is 6.92 Å². The molecule has 2 aromatic carbocycles. The van der Waals surface area contributed by atoms with Crippen molar-refractivity contribution in [1.82, 2.24) is 25.8 Å². The van der Waals surface area contributed by atoms with E-state index in [2.05, 4.69) is 27.0 Å². The van der Waals surface area contributed by atoms with E-state index >= 15 is 0 Å². The van der Waals surface area contributed by atoms with E-state index in [0.717, 1.165) is 21.4 Å². The third kappa shape index (κ3) is 4.21. The number of hydrogen-bond donors (Lipinski definition) is 4. The van der Waals surface area contributed by atoms with E-state index in [0.29, 0.717) is 18.5 Å². The van der Waals surface area contributed by atoms with Crippen LogP contribution in [0.4, 0.5) is 4.79 Å². The lowest BCUT2D eigenvalue weighted by atomic mass is 10.0. The van der Waals surface area contributed by atoms with Crippen molar-refractivity contribution in [1.29, 1.82) is 0 Å². The third-order valence-electron chi connectivity index (χ3n) is 6.65. The van der Waals surface area contributed by atoms with Gasteiger partial charge < -0.3 is 15.6 Å². The molecule has 2 aliphatic heterocycles. The highest BCUT2D eigenvalue weighted by atomic mass is 16.2. The molecule has 3 aromatic rings. The minimum Gasteiger partial charge on any atom is -0.361 e. The first-order valence-corrected chi connectivity index (χ1v) is 11.8. The van der Waals surface area contributed by atoms with Crippen LogP contribution in [0.3, 0.4) is 0 Å². The molecule has 36 heavy (non-hydrogen) atoms. The molecule has 0 radical (unpaired) electrons. The van der Waals surface area contributed by atoms with Crippen LogP contribution in [0.5, 0.6) is 0 Å². The number of rotatable bonds is 6. The number of piperidine rings is 1. The smallest absolute Gasteiger partial charge is 0.315 e. The maximum atomic E-state index is 12.9. The molecule has 4 N–H and O–H groups in total. The maximum Gasteiger partial charge on any atom is 0.315 e. The number of urea groups is 1. The number of para-hydroxylation sites is 1. The monoisotopic (exact) mass is 487 g/mol. The molecule has 184 valence electrons. The molecular weight excluding hydrogens is 462 g/mol. The second-order valence-electron chi connectivity index (χ2n) is 9.00. The fourth-order valence-electron chi connectivity index (χ4n) is 4.75. The zero-order valence-corrected chi connectivity index (χ0v) is 19.6. The van der Waals surface area contributed by atoms with Gasteiger partial charge in [0.2, 0.25) is 11.8 Å². The van der Waals surface area contributed by atoms with Crippen molar-refractivity contribution < 1.29 is 24.0 Å². The number of aromatic nitrogens is 1. The standard InChI is InChI=1S/C26H25N5O5/c1-14-3-2-4-17-16(13-28-22(14)17)9-10-27-26(36)29-12-15-5-6-18-19(11-15)25(35)31(24(18)34)20-7-8-21(32)30-23(20)33/h2-6,11,13,20,28H,7-10,12H2,1H3,(H2,27,29,36)(H,30,32,33). The normalized spacial score (nSPS) is 17.4. The van der Waals surface area contributed by atoms with Gasteiger partial charge in [-0.2, -0.15) is 0 Å². The summed E-state index contributed by atoms with van der Waals surface area (Å²) in [4.78, 5) is 65.8. The summed E-state index contributed by atoms with van der Waals surface area (Å²) in [6, 6.07) is 9.48. The first-order chi connectivity index (χ1) is 17.3. The zero-order chi connectivity index (χ0) is 25.4. The van der Waals surface area contributed by atoms with Gasteiger partial charge in [-0.1, -0.05) is 24.3 Å². The Morgan fingerprint density at radius 2 is 1.86 bits per heavy atom. The van der Waals surface area contributed by atoms with Gasteiger partial charge in [0.1, 0.15) is 6.04 Å². The quantitative estimate of drug-likeness (QED) is 0.393. The topological polar surface area (TPSA) is 140 Å². The number of hydrogen-bond acceptors (Lipinski definition) is 5. The van der Waals surface area contributed by atoms with E-state index in [1.54, 1.807) is 12.1 Å². The lowest BCUT2D eigenvalue weighted by molar-refractivity contribution is -0.136. The Morgan fingerprint density at radius 3 is 2.67 bits per heavy atom. The molecule has 1 saturated heterocycles. The van der Waals surface area contributed by atoms with Crippen LogP contribution in [0.1, 0.15) is 50.2 Å². The van der Waals surface area contributed by atoms with Gasteiger partial charge in [-0.3, -0.25) is 29.4 Å². The first-order valence-electron chi connectivity index (χ1n) is 11.8. The average Bonchev–Trinajstić information content (AvgIpc) is 3.38. The van der Waals surface area contributed by atoms with Gasteiger partial charge in [0.05, 0.1) is 11.1 Å². The lowest BCUT2D eigenvalue weighted by Crippen LogP contribution is -2.54. The van der Waals surface area contributed by atoms with E-state index in [4.69, 9.17) is 0 Å². The summed E-state index contributed by atoms with van der Waals surface area (Å²) in [6.07, 6.45) is 2.79. The third-order valence-corrected chi connectivity index (χ3v) is 6.65. The van der Waals surface area contributed by atoms with Crippen molar-refractivity contribution in [3.63, 3.8) is 0 Å². The highest BCUT2D eigenvalue weighted by Crippen LogP contribution is 2.28. The van der Waals surface area contributed by atoms with Gasteiger partial charge in [0.15, 0.2) is 0 Å². The summed E-state index contributed by atoms with van der Waals surface area (Å²) >= 11 is 0. The van der Waals surface area contributed by atoms with Crippen LogP contribution in [-0.4, -0.2) is 52.1 Å². The fourth-order valence-corrected chi connectivity index (χ4v) is 4.75. The summed E-state index contributed by atoms with van der Waals surface area (Å²) in [7, 11) is 0.